The lowest BCUT2D eigenvalue weighted by atomic mass is 10.0. The van der Waals surface area contributed by atoms with Crippen molar-refractivity contribution in [1.29, 1.82) is 0 Å². The van der Waals surface area contributed by atoms with Crippen LogP contribution in [0.1, 0.15) is 16.2 Å². The summed E-state index contributed by atoms with van der Waals surface area (Å²) >= 11 is 0. The van der Waals surface area contributed by atoms with E-state index in [1.54, 1.807) is 0 Å². The highest BCUT2D eigenvalue weighted by Gasteiger charge is 2.08. The summed E-state index contributed by atoms with van der Waals surface area (Å²) in [6.45, 7) is 1.86. The van der Waals surface area contributed by atoms with Gasteiger partial charge in [0.25, 0.3) is 5.91 Å². The molecular weight excluding hydrogens is 398 g/mol. The Hall–Kier alpha value is -4.19. The summed E-state index contributed by atoms with van der Waals surface area (Å²) in [5, 5.41) is 6.23. The molecule has 6 nitrogen and oxygen atoms in total. The number of nitrogens with zero attached hydrogens (tertiary/aromatic N) is 3. The third-order valence-corrected chi connectivity index (χ3v) is 4.95. The molecule has 0 spiro atoms. The predicted molar refractivity (Wildman–Crippen MR) is 131 cm³/mol. The average molecular weight is 424 g/mol. The number of rotatable bonds is 6. The zero-order chi connectivity index (χ0) is 22.5. The molecule has 0 aliphatic carbocycles. The number of carbonyl (C=O) groups is 1. The number of carbonyl (C=O) groups excluding carboxylic acids is 1. The molecule has 0 unspecified atom stereocenters. The van der Waals surface area contributed by atoms with Crippen LogP contribution in [0.4, 0.5) is 23.0 Å². The molecule has 0 radical (unpaired) electrons. The predicted octanol–water partition coefficient (Wildman–Crippen LogP) is 5.51. The van der Waals surface area contributed by atoms with Crippen molar-refractivity contribution in [3.8, 4) is 11.1 Å². The van der Waals surface area contributed by atoms with Crippen LogP contribution in [0.2, 0.25) is 0 Å². The van der Waals surface area contributed by atoms with E-state index in [1.165, 1.54) is 0 Å². The van der Waals surface area contributed by atoms with Crippen molar-refractivity contribution in [1.82, 2.24) is 9.97 Å². The molecule has 32 heavy (non-hydrogen) atoms. The Bertz CT molecular complexity index is 1200. The number of nitrogens with one attached hydrogen (secondary N) is 2. The van der Waals surface area contributed by atoms with Gasteiger partial charge in [0.2, 0.25) is 0 Å². The summed E-state index contributed by atoms with van der Waals surface area (Å²) < 4.78 is 0. The van der Waals surface area contributed by atoms with Gasteiger partial charge in [0, 0.05) is 37.1 Å². The Morgan fingerprint density at radius 2 is 1.41 bits per heavy atom. The van der Waals surface area contributed by atoms with E-state index in [0.717, 1.165) is 34.1 Å². The van der Waals surface area contributed by atoms with Crippen molar-refractivity contribution in [2.45, 2.75) is 6.92 Å². The third kappa shape index (κ3) is 5.10. The fraction of sp³-hybridized carbons (Fsp3) is 0.115. The molecule has 0 saturated carbocycles. The van der Waals surface area contributed by atoms with Crippen LogP contribution < -0.4 is 15.5 Å². The van der Waals surface area contributed by atoms with E-state index in [-0.39, 0.29) is 5.91 Å². The molecule has 0 atom stereocenters. The van der Waals surface area contributed by atoms with Crippen molar-refractivity contribution in [3.05, 3.63) is 96.3 Å². The summed E-state index contributed by atoms with van der Waals surface area (Å²) in [4.78, 5) is 23.4. The Morgan fingerprint density at radius 1 is 0.781 bits per heavy atom. The van der Waals surface area contributed by atoms with E-state index in [0.29, 0.717) is 11.4 Å². The molecule has 3 aromatic carbocycles. The summed E-state index contributed by atoms with van der Waals surface area (Å²) in [5.41, 5.74) is 4.41. The molecule has 1 aromatic heterocycles. The second-order valence-corrected chi connectivity index (χ2v) is 7.65. The van der Waals surface area contributed by atoms with Crippen LogP contribution in [-0.4, -0.2) is 30.0 Å². The number of aryl methyl sites for hydroxylation is 1. The molecular formula is C26H25N5O. The van der Waals surface area contributed by atoms with E-state index in [9.17, 15) is 4.79 Å². The first-order valence-electron chi connectivity index (χ1n) is 10.3. The Kier molecular flexibility index (Phi) is 6.12. The van der Waals surface area contributed by atoms with Crippen molar-refractivity contribution in [2.75, 3.05) is 29.6 Å². The van der Waals surface area contributed by atoms with Crippen LogP contribution in [0.15, 0.2) is 84.9 Å². The second-order valence-electron chi connectivity index (χ2n) is 7.65. The monoisotopic (exact) mass is 423 g/mol. The lowest BCUT2D eigenvalue weighted by molar-refractivity contribution is 0.102. The van der Waals surface area contributed by atoms with Crippen LogP contribution in [0.25, 0.3) is 11.1 Å². The number of benzene rings is 3. The molecule has 0 saturated heterocycles. The van der Waals surface area contributed by atoms with Crippen LogP contribution >= 0.6 is 0 Å². The topological polar surface area (TPSA) is 70.2 Å². The third-order valence-electron chi connectivity index (χ3n) is 4.95. The van der Waals surface area contributed by atoms with Crippen molar-refractivity contribution in [3.63, 3.8) is 0 Å². The highest BCUT2D eigenvalue weighted by atomic mass is 16.1. The van der Waals surface area contributed by atoms with Crippen LogP contribution in [0.5, 0.6) is 0 Å². The molecule has 4 aromatic rings. The number of anilines is 4. The van der Waals surface area contributed by atoms with Gasteiger partial charge in [-0.2, -0.15) is 0 Å². The van der Waals surface area contributed by atoms with Crippen molar-refractivity contribution >= 4 is 28.9 Å². The molecule has 1 amide bonds. The van der Waals surface area contributed by atoms with E-state index in [4.69, 9.17) is 0 Å². The van der Waals surface area contributed by atoms with Crippen LogP contribution in [0, 0.1) is 6.92 Å². The molecule has 0 fully saturated rings. The van der Waals surface area contributed by atoms with Gasteiger partial charge < -0.3 is 15.5 Å². The minimum atomic E-state index is -0.146. The van der Waals surface area contributed by atoms with Gasteiger partial charge >= 0.3 is 0 Å². The van der Waals surface area contributed by atoms with Gasteiger partial charge in [-0.3, -0.25) is 4.79 Å². The van der Waals surface area contributed by atoms with E-state index in [2.05, 4.69) is 32.7 Å². The van der Waals surface area contributed by atoms with Gasteiger partial charge in [-0.1, -0.05) is 42.5 Å². The van der Waals surface area contributed by atoms with Crippen molar-refractivity contribution in [2.24, 2.45) is 0 Å². The lowest BCUT2D eigenvalue weighted by Gasteiger charge is -2.14. The summed E-state index contributed by atoms with van der Waals surface area (Å²) in [6.07, 6.45) is 0. The molecule has 6 heteroatoms. The second kappa shape index (κ2) is 9.31. The number of hydrogen-bond acceptors (Lipinski definition) is 5. The quantitative estimate of drug-likeness (QED) is 0.428. The molecule has 4 rings (SSSR count). The summed E-state index contributed by atoms with van der Waals surface area (Å²) in [5.74, 6) is 2.10. The van der Waals surface area contributed by atoms with E-state index < -0.39 is 0 Å². The SMILES string of the molecule is Cc1nc(Nc2ccc(NC(=O)c3ccc(-c4ccccc4)cc3)cc2)cc(N(C)C)n1. The minimum Gasteiger partial charge on any atom is -0.363 e. The first-order valence-corrected chi connectivity index (χ1v) is 10.3. The van der Waals surface area contributed by atoms with Crippen LogP contribution in [-0.2, 0) is 0 Å². The summed E-state index contributed by atoms with van der Waals surface area (Å²) in [6, 6.07) is 27.1. The molecule has 160 valence electrons. The molecule has 2 N–H and O–H groups in total. The Labute approximate surface area is 188 Å². The maximum absolute atomic E-state index is 12.6. The molecule has 0 bridgehead atoms. The Morgan fingerprint density at radius 3 is 2.06 bits per heavy atom. The van der Waals surface area contributed by atoms with E-state index in [1.807, 2.05) is 98.7 Å². The van der Waals surface area contributed by atoms with Gasteiger partial charge in [-0.05, 0) is 54.4 Å². The fourth-order valence-corrected chi connectivity index (χ4v) is 3.28. The van der Waals surface area contributed by atoms with Crippen molar-refractivity contribution < 1.29 is 4.79 Å². The number of aromatic nitrogens is 2. The zero-order valence-electron chi connectivity index (χ0n) is 18.3. The highest BCUT2D eigenvalue weighted by molar-refractivity contribution is 6.04. The minimum absolute atomic E-state index is 0.146. The van der Waals surface area contributed by atoms with Crippen LogP contribution in [0.3, 0.4) is 0 Å². The maximum atomic E-state index is 12.6. The zero-order valence-corrected chi connectivity index (χ0v) is 18.3. The normalized spacial score (nSPS) is 10.5. The number of amides is 1. The van der Waals surface area contributed by atoms with Gasteiger partial charge in [0.15, 0.2) is 0 Å². The van der Waals surface area contributed by atoms with Gasteiger partial charge in [0.05, 0.1) is 0 Å². The standard InChI is InChI=1S/C26H25N5O/c1-18-27-24(17-25(28-18)31(2)3)29-22-13-15-23(16-14-22)30-26(32)21-11-9-20(10-12-21)19-7-5-4-6-8-19/h4-17H,1-3H3,(H,30,32)(H,27,28,29). The molecule has 0 aliphatic heterocycles. The largest absolute Gasteiger partial charge is 0.363 e. The first kappa shape index (κ1) is 21.1. The number of hydrogen-bond donors (Lipinski definition) is 2. The highest BCUT2D eigenvalue weighted by Crippen LogP contribution is 2.22. The Balaban J connectivity index is 1.41. The molecule has 0 aliphatic rings. The lowest BCUT2D eigenvalue weighted by Crippen LogP contribution is -2.12. The average Bonchev–Trinajstić information content (AvgIpc) is 2.80. The smallest absolute Gasteiger partial charge is 0.255 e. The first-order chi connectivity index (χ1) is 15.5. The van der Waals surface area contributed by atoms with Gasteiger partial charge in [-0.25, -0.2) is 9.97 Å². The van der Waals surface area contributed by atoms with E-state index >= 15 is 0 Å². The van der Waals surface area contributed by atoms with Gasteiger partial charge in [0.1, 0.15) is 17.5 Å². The van der Waals surface area contributed by atoms with Gasteiger partial charge in [-0.15, -0.1) is 0 Å². The fourth-order valence-electron chi connectivity index (χ4n) is 3.28. The maximum Gasteiger partial charge on any atom is 0.255 e. The molecule has 1 heterocycles. The summed E-state index contributed by atoms with van der Waals surface area (Å²) in [7, 11) is 3.89.